The van der Waals surface area contributed by atoms with Crippen LogP contribution in [0.15, 0.2) is 36.4 Å². The molecule has 1 aliphatic heterocycles. The maximum absolute atomic E-state index is 6.03. The fourth-order valence-corrected chi connectivity index (χ4v) is 3.46. The van der Waals surface area contributed by atoms with Gasteiger partial charge < -0.3 is 30.7 Å². The lowest BCUT2D eigenvalue weighted by molar-refractivity contribution is 0.208. The molecule has 1 saturated heterocycles. The minimum absolute atomic E-state index is 0.246. The molecule has 0 saturated carbocycles. The van der Waals surface area contributed by atoms with E-state index >= 15 is 0 Å². The smallest absolute Gasteiger partial charge is 0.138 e. The van der Waals surface area contributed by atoms with E-state index in [0.717, 1.165) is 38.2 Å². The highest BCUT2D eigenvalue weighted by atomic mass is 35.5. The van der Waals surface area contributed by atoms with E-state index in [2.05, 4.69) is 16.8 Å². The third kappa shape index (κ3) is 8.48. The predicted molar refractivity (Wildman–Crippen MR) is 127 cm³/mol. The summed E-state index contributed by atoms with van der Waals surface area (Å²) in [6, 6.07) is 10.6. The zero-order valence-corrected chi connectivity index (χ0v) is 19.4. The van der Waals surface area contributed by atoms with Crippen LogP contribution in [-0.2, 0) is 0 Å². The average molecular weight is 455 g/mol. The number of anilines is 2. The monoisotopic (exact) mass is 454 g/mol. The lowest BCUT2D eigenvalue weighted by atomic mass is 10.3. The van der Waals surface area contributed by atoms with Gasteiger partial charge in [-0.2, -0.15) is 0 Å². The quantitative estimate of drug-likeness (QED) is 0.480. The number of ether oxygens (including phenoxy) is 2. The zero-order chi connectivity index (χ0) is 22.1. The van der Waals surface area contributed by atoms with Gasteiger partial charge in [-0.1, -0.05) is 23.2 Å². The van der Waals surface area contributed by atoms with Crippen molar-refractivity contribution in [2.24, 2.45) is 0 Å². The molecular weight excluding hydrogens is 423 g/mol. The van der Waals surface area contributed by atoms with E-state index in [-0.39, 0.29) is 6.10 Å². The molecule has 1 heterocycles. The fraction of sp³-hybridized carbons (Fsp3) is 0.455. The molecule has 3 rings (SSSR count). The largest absolute Gasteiger partial charge is 0.492 e. The molecule has 0 bridgehead atoms. The highest BCUT2D eigenvalue weighted by Crippen LogP contribution is 2.29. The first kappa shape index (κ1) is 24.4. The Kier molecular flexibility index (Phi) is 9.85. The number of rotatable bonds is 7. The molecule has 0 aromatic heterocycles. The number of nitrogen functional groups attached to an aromatic ring is 2. The Balaban J connectivity index is 0.000000214. The van der Waals surface area contributed by atoms with E-state index in [4.69, 9.17) is 44.1 Å². The van der Waals surface area contributed by atoms with E-state index in [0.29, 0.717) is 33.8 Å². The number of nitrogens with zero attached hydrogens (tertiary/aromatic N) is 2. The molecule has 6 nitrogen and oxygen atoms in total. The van der Waals surface area contributed by atoms with Crippen molar-refractivity contribution < 1.29 is 9.47 Å². The molecule has 0 radical (unpaired) electrons. The summed E-state index contributed by atoms with van der Waals surface area (Å²) in [4.78, 5) is 4.36. The van der Waals surface area contributed by atoms with Crippen molar-refractivity contribution >= 4 is 34.6 Å². The van der Waals surface area contributed by atoms with Gasteiger partial charge in [0.25, 0.3) is 0 Å². The Bertz CT molecular complexity index is 805. The van der Waals surface area contributed by atoms with E-state index in [1.54, 1.807) is 30.3 Å². The summed E-state index contributed by atoms with van der Waals surface area (Å²) in [7, 11) is 6.17. The summed E-state index contributed by atoms with van der Waals surface area (Å²) < 4.78 is 11.3. The summed E-state index contributed by atoms with van der Waals surface area (Å²) in [5, 5.41) is 1.16. The van der Waals surface area contributed by atoms with Gasteiger partial charge >= 0.3 is 0 Å². The number of likely N-dealkylation sites (N-methyl/N-ethyl adjacent to an activating group) is 1. The van der Waals surface area contributed by atoms with Crippen LogP contribution in [0.5, 0.6) is 11.5 Å². The van der Waals surface area contributed by atoms with Gasteiger partial charge in [0.15, 0.2) is 0 Å². The van der Waals surface area contributed by atoms with E-state index in [1.807, 2.05) is 20.2 Å². The van der Waals surface area contributed by atoms with Crippen molar-refractivity contribution in [1.29, 1.82) is 0 Å². The van der Waals surface area contributed by atoms with Crippen LogP contribution < -0.4 is 20.9 Å². The second kappa shape index (κ2) is 12.1. The van der Waals surface area contributed by atoms with Gasteiger partial charge in [-0.3, -0.25) is 0 Å². The fourth-order valence-electron chi connectivity index (χ4n) is 2.98. The number of hydrogen-bond acceptors (Lipinski definition) is 6. The molecule has 1 unspecified atom stereocenters. The van der Waals surface area contributed by atoms with Crippen molar-refractivity contribution in [2.75, 3.05) is 58.9 Å². The molecule has 2 aromatic rings. The van der Waals surface area contributed by atoms with E-state index < -0.39 is 0 Å². The molecule has 0 amide bonds. The summed E-state index contributed by atoms with van der Waals surface area (Å²) in [5.41, 5.74) is 12.5. The van der Waals surface area contributed by atoms with Gasteiger partial charge in [0.1, 0.15) is 17.6 Å². The van der Waals surface area contributed by atoms with Crippen LogP contribution in [0.2, 0.25) is 10.0 Å². The van der Waals surface area contributed by atoms with Crippen LogP contribution in [0.3, 0.4) is 0 Å². The number of hydrogen-bond donors (Lipinski definition) is 2. The highest BCUT2D eigenvalue weighted by Gasteiger charge is 2.21. The Morgan fingerprint density at radius 3 is 2.13 bits per heavy atom. The van der Waals surface area contributed by atoms with E-state index in [9.17, 15) is 0 Å². The minimum atomic E-state index is 0.246. The van der Waals surface area contributed by atoms with E-state index in [1.165, 1.54) is 0 Å². The molecule has 0 aliphatic carbocycles. The van der Waals surface area contributed by atoms with Gasteiger partial charge in [-0.25, -0.2) is 0 Å². The molecule has 30 heavy (non-hydrogen) atoms. The normalized spacial score (nSPS) is 16.3. The van der Waals surface area contributed by atoms with Crippen LogP contribution in [0.25, 0.3) is 0 Å². The first-order chi connectivity index (χ1) is 14.2. The first-order valence-electron chi connectivity index (χ1n) is 9.97. The average Bonchev–Trinajstić information content (AvgIpc) is 3.08. The summed E-state index contributed by atoms with van der Waals surface area (Å²) in [6.07, 6.45) is 2.28. The standard InChI is InChI=1S/C11H15ClN2O.C11H17ClN2O/c1-14-5-4-9(7-14)15-11-3-2-8(13)6-10(11)12;1-14(2)6-3-7-15-11-5-4-9(13)8-10(11)12/h2-3,6,9H,4-5,7,13H2,1H3;4-5,8H,3,6-7,13H2,1-2H3. The second-order valence-electron chi connectivity index (χ2n) is 7.68. The summed E-state index contributed by atoms with van der Waals surface area (Å²) in [6.45, 7) is 3.71. The summed E-state index contributed by atoms with van der Waals surface area (Å²) in [5.74, 6) is 1.43. The Hall–Kier alpha value is -1.86. The van der Waals surface area contributed by atoms with Crippen LogP contribution in [0.4, 0.5) is 11.4 Å². The Labute approximate surface area is 189 Å². The topological polar surface area (TPSA) is 77.0 Å². The lowest BCUT2D eigenvalue weighted by Gasteiger charge is -2.14. The van der Waals surface area contributed by atoms with Gasteiger partial charge in [-0.15, -0.1) is 0 Å². The van der Waals surface area contributed by atoms with Crippen molar-refractivity contribution in [3.05, 3.63) is 46.4 Å². The summed E-state index contributed by atoms with van der Waals surface area (Å²) >= 11 is 12.0. The molecule has 166 valence electrons. The molecule has 4 N–H and O–H groups in total. The number of halogens is 2. The van der Waals surface area contributed by atoms with Crippen molar-refractivity contribution in [2.45, 2.75) is 18.9 Å². The SMILES string of the molecule is CN(C)CCCOc1ccc(N)cc1Cl.CN1CCC(Oc2ccc(N)cc2Cl)C1. The third-order valence-electron chi connectivity index (χ3n) is 4.56. The third-order valence-corrected chi connectivity index (χ3v) is 5.15. The lowest BCUT2D eigenvalue weighted by Crippen LogP contribution is -2.21. The van der Waals surface area contributed by atoms with Crippen molar-refractivity contribution in [3.8, 4) is 11.5 Å². The molecule has 1 fully saturated rings. The number of benzene rings is 2. The van der Waals surface area contributed by atoms with Gasteiger partial charge in [0.05, 0.1) is 16.7 Å². The number of likely N-dealkylation sites (tertiary alicyclic amines) is 1. The number of nitrogens with two attached hydrogens (primary N) is 2. The van der Waals surface area contributed by atoms with Crippen LogP contribution in [-0.4, -0.2) is 63.3 Å². The molecule has 8 heteroatoms. The van der Waals surface area contributed by atoms with Gasteiger partial charge in [0.2, 0.25) is 0 Å². The highest BCUT2D eigenvalue weighted by molar-refractivity contribution is 6.32. The Morgan fingerprint density at radius 1 is 1.03 bits per heavy atom. The van der Waals surface area contributed by atoms with Crippen LogP contribution in [0.1, 0.15) is 12.8 Å². The molecule has 2 aromatic carbocycles. The maximum Gasteiger partial charge on any atom is 0.138 e. The molecule has 0 spiro atoms. The second-order valence-corrected chi connectivity index (χ2v) is 8.49. The van der Waals surface area contributed by atoms with Crippen LogP contribution in [0, 0.1) is 0 Å². The minimum Gasteiger partial charge on any atom is -0.492 e. The molecule has 1 atom stereocenters. The van der Waals surface area contributed by atoms with Gasteiger partial charge in [0, 0.05) is 31.0 Å². The van der Waals surface area contributed by atoms with Crippen molar-refractivity contribution in [1.82, 2.24) is 9.80 Å². The maximum atomic E-state index is 6.03. The molecule has 1 aliphatic rings. The zero-order valence-electron chi connectivity index (χ0n) is 17.9. The molecular formula is C22H32Cl2N4O2. The first-order valence-corrected chi connectivity index (χ1v) is 10.7. The van der Waals surface area contributed by atoms with Crippen molar-refractivity contribution in [3.63, 3.8) is 0 Å². The van der Waals surface area contributed by atoms with Crippen LogP contribution >= 0.6 is 23.2 Å². The van der Waals surface area contributed by atoms with Gasteiger partial charge in [-0.05, 0) is 70.4 Å². The predicted octanol–water partition coefficient (Wildman–Crippen LogP) is 4.26. The Morgan fingerprint density at radius 2 is 1.63 bits per heavy atom.